The van der Waals surface area contributed by atoms with Gasteiger partial charge in [0.2, 0.25) is 5.91 Å². The zero-order valence-corrected chi connectivity index (χ0v) is 10.6. The van der Waals surface area contributed by atoms with Crippen LogP contribution in [-0.2, 0) is 9.53 Å². The van der Waals surface area contributed by atoms with Gasteiger partial charge in [0.15, 0.2) is 0 Å². The Morgan fingerprint density at radius 3 is 2.50 bits per heavy atom. The molecule has 1 saturated heterocycles. The van der Waals surface area contributed by atoms with Gasteiger partial charge in [0.1, 0.15) is 0 Å². The third-order valence-electron chi connectivity index (χ3n) is 3.63. The number of amides is 1. The van der Waals surface area contributed by atoms with Crippen molar-refractivity contribution < 1.29 is 9.53 Å². The maximum atomic E-state index is 12.1. The molecule has 2 N–H and O–H groups in total. The number of hydrogen-bond donors (Lipinski definition) is 1. The molecule has 4 heteroatoms. The molecule has 1 fully saturated rings. The number of hydrogen-bond acceptors (Lipinski definition) is 3. The van der Waals surface area contributed by atoms with Crippen molar-refractivity contribution in [2.75, 3.05) is 20.2 Å². The largest absolute Gasteiger partial charge is 0.381 e. The van der Waals surface area contributed by atoms with E-state index in [-0.39, 0.29) is 17.9 Å². The van der Waals surface area contributed by atoms with E-state index >= 15 is 0 Å². The minimum Gasteiger partial charge on any atom is -0.381 e. The summed E-state index contributed by atoms with van der Waals surface area (Å²) in [6, 6.07) is -0.343. The van der Waals surface area contributed by atoms with Crippen LogP contribution < -0.4 is 5.73 Å². The van der Waals surface area contributed by atoms with E-state index in [2.05, 4.69) is 6.92 Å². The maximum absolute atomic E-state index is 12.1. The molecule has 2 atom stereocenters. The molecule has 0 aromatic carbocycles. The number of nitrogens with zero attached hydrogens (tertiary/aromatic N) is 1. The Morgan fingerprint density at radius 2 is 2.06 bits per heavy atom. The van der Waals surface area contributed by atoms with E-state index in [0.29, 0.717) is 6.10 Å². The van der Waals surface area contributed by atoms with Crippen LogP contribution in [0.3, 0.4) is 0 Å². The zero-order valence-electron chi connectivity index (χ0n) is 10.6. The lowest BCUT2D eigenvalue weighted by molar-refractivity contribution is -0.136. The molecule has 0 radical (unpaired) electrons. The molecular formula is C12H24N2O2. The molecule has 1 amide bonds. The number of methoxy groups -OCH3 is 1. The first-order chi connectivity index (χ1) is 7.60. The topological polar surface area (TPSA) is 55.6 Å². The van der Waals surface area contributed by atoms with Gasteiger partial charge in [-0.05, 0) is 18.8 Å². The van der Waals surface area contributed by atoms with Gasteiger partial charge in [0.25, 0.3) is 0 Å². The van der Waals surface area contributed by atoms with Crippen LogP contribution >= 0.6 is 0 Å². The fourth-order valence-corrected chi connectivity index (χ4v) is 2.02. The Kier molecular flexibility index (Phi) is 5.22. The molecule has 0 aliphatic carbocycles. The fourth-order valence-electron chi connectivity index (χ4n) is 2.02. The first-order valence-electron chi connectivity index (χ1n) is 6.17. The zero-order chi connectivity index (χ0) is 12.1. The Balaban J connectivity index is 2.44. The molecule has 1 aliphatic heterocycles. The first kappa shape index (κ1) is 13.5. The summed E-state index contributed by atoms with van der Waals surface area (Å²) < 4.78 is 5.28. The summed E-state index contributed by atoms with van der Waals surface area (Å²) in [7, 11) is 1.73. The fraction of sp³-hybridized carbons (Fsp3) is 0.917. The van der Waals surface area contributed by atoms with Crippen molar-refractivity contribution in [1.82, 2.24) is 4.90 Å². The van der Waals surface area contributed by atoms with Gasteiger partial charge in [0, 0.05) is 20.2 Å². The predicted molar refractivity (Wildman–Crippen MR) is 64.0 cm³/mol. The third-order valence-corrected chi connectivity index (χ3v) is 3.63. The molecule has 0 bridgehead atoms. The van der Waals surface area contributed by atoms with Crippen LogP contribution in [-0.4, -0.2) is 43.2 Å². The molecule has 1 heterocycles. The van der Waals surface area contributed by atoms with Gasteiger partial charge in [-0.15, -0.1) is 0 Å². The lowest BCUT2D eigenvalue weighted by atomic mass is 9.97. The minimum atomic E-state index is -0.343. The van der Waals surface area contributed by atoms with Crippen LogP contribution in [0.5, 0.6) is 0 Å². The monoisotopic (exact) mass is 228 g/mol. The summed E-state index contributed by atoms with van der Waals surface area (Å²) in [4.78, 5) is 13.9. The molecule has 0 spiro atoms. The molecule has 94 valence electrons. The Labute approximate surface area is 98.1 Å². The second-order valence-corrected chi connectivity index (χ2v) is 4.67. The highest BCUT2D eigenvalue weighted by Crippen LogP contribution is 2.16. The van der Waals surface area contributed by atoms with Crippen molar-refractivity contribution in [3.63, 3.8) is 0 Å². The van der Waals surface area contributed by atoms with Crippen molar-refractivity contribution in [3.8, 4) is 0 Å². The van der Waals surface area contributed by atoms with Gasteiger partial charge in [0.05, 0.1) is 12.1 Å². The van der Waals surface area contributed by atoms with E-state index in [1.165, 1.54) is 0 Å². The highest BCUT2D eigenvalue weighted by atomic mass is 16.5. The predicted octanol–water partition coefficient (Wildman–Crippen LogP) is 0.997. The Hall–Kier alpha value is -0.610. The average molecular weight is 228 g/mol. The van der Waals surface area contributed by atoms with Crippen LogP contribution in [0.2, 0.25) is 0 Å². The van der Waals surface area contributed by atoms with Gasteiger partial charge in [-0.25, -0.2) is 0 Å². The van der Waals surface area contributed by atoms with Crippen molar-refractivity contribution >= 4 is 5.91 Å². The smallest absolute Gasteiger partial charge is 0.239 e. The summed E-state index contributed by atoms with van der Waals surface area (Å²) in [5.41, 5.74) is 5.95. The third kappa shape index (κ3) is 3.19. The second kappa shape index (κ2) is 6.21. The standard InChI is InChI=1S/C12H24N2O2/c1-4-9(2)11(13)12(15)14-7-5-10(16-3)6-8-14/h9-11H,4-8,13H2,1-3H3/t9-,11-/m0/s1. The van der Waals surface area contributed by atoms with Crippen molar-refractivity contribution in [1.29, 1.82) is 0 Å². The number of piperidine rings is 1. The maximum Gasteiger partial charge on any atom is 0.239 e. The highest BCUT2D eigenvalue weighted by Gasteiger charge is 2.28. The van der Waals surface area contributed by atoms with E-state index in [0.717, 1.165) is 32.4 Å². The molecule has 0 unspecified atom stereocenters. The van der Waals surface area contributed by atoms with Crippen LogP contribution in [0.1, 0.15) is 33.1 Å². The quantitative estimate of drug-likeness (QED) is 0.781. The first-order valence-corrected chi connectivity index (χ1v) is 6.17. The number of ether oxygens (including phenoxy) is 1. The van der Waals surface area contributed by atoms with Gasteiger partial charge < -0.3 is 15.4 Å². The van der Waals surface area contributed by atoms with Gasteiger partial charge in [-0.1, -0.05) is 20.3 Å². The van der Waals surface area contributed by atoms with Crippen LogP contribution in [0.4, 0.5) is 0 Å². The molecule has 16 heavy (non-hydrogen) atoms. The van der Waals surface area contributed by atoms with Crippen LogP contribution in [0, 0.1) is 5.92 Å². The second-order valence-electron chi connectivity index (χ2n) is 4.67. The number of carbonyl (C=O) groups excluding carboxylic acids is 1. The van der Waals surface area contributed by atoms with E-state index in [1.54, 1.807) is 7.11 Å². The van der Waals surface area contributed by atoms with Crippen LogP contribution in [0.25, 0.3) is 0 Å². The summed E-state index contributed by atoms with van der Waals surface area (Å²) in [6.45, 7) is 5.66. The Morgan fingerprint density at radius 1 is 1.50 bits per heavy atom. The average Bonchev–Trinajstić information content (AvgIpc) is 2.36. The van der Waals surface area contributed by atoms with Crippen molar-refractivity contribution in [2.24, 2.45) is 11.7 Å². The summed E-state index contributed by atoms with van der Waals surface area (Å²) in [5, 5.41) is 0. The normalized spacial score (nSPS) is 21.9. The van der Waals surface area contributed by atoms with Gasteiger partial charge in [-0.3, -0.25) is 4.79 Å². The lowest BCUT2D eigenvalue weighted by Crippen LogP contribution is -2.50. The molecule has 0 saturated carbocycles. The number of rotatable bonds is 4. The number of carbonyl (C=O) groups is 1. The van der Waals surface area contributed by atoms with Gasteiger partial charge >= 0.3 is 0 Å². The summed E-state index contributed by atoms with van der Waals surface area (Å²) in [5.74, 6) is 0.358. The molecule has 0 aromatic heterocycles. The SMILES string of the molecule is CC[C@H](C)[C@H](N)C(=O)N1CCC(OC)CC1. The van der Waals surface area contributed by atoms with E-state index in [1.807, 2.05) is 11.8 Å². The lowest BCUT2D eigenvalue weighted by Gasteiger charge is -2.34. The summed E-state index contributed by atoms with van der Waals surface area (Å²) in [6.07, 6.45) is 3.11. The van der Waals surface area contributed by atoms with Crippen molar-refractivity contribution in [2.45, 2.75) is 45.3 Å². The molecule has 1 rings (SSSR count). The Bertz CT molecular complexity index is 225. The minimum absolute atomic E-state index is 0.101. The van der Waals surface area contributed by atoms with Crippen molar-refractivity contribution in [3.05, 3.63) is 0 Å². The molecule has 4 nitrogen and oxygen atoms in total. The molecular weight excluding hydrogens is 204 g/mol. The highest BCUT2D eigenvalue weighted by molar-refractivity contribution is 5.82. The van der Waals surface area contributed by atoms with E-state index in [9.17, 15) is 4.79 Å². The van der Waals surface area contributed by atoms with E-state index < -0.39 is 0 Å². The molecule has 1 aliphatic rings. The number of likely N-dealkylation sites (tertiary alicyclic amines) is 1. The summed E-state index contributed by atoms with van der Waals surface area (Å²) >= 11 is 0. The molecule has 0 aromatic rings. The van der Waals surface area contributed by atoms with Gasteiger partial charge in [-0.2, -0.15) is 0 Å². The van der Waals surface area contributed by atoms with Crippen LogP contribution in [0.15, 0.2) is 0 Å². The van der Waals surface area contributed by atoms with E-state index in [4.69, 9.17) is 10.5 Å². The number of nitrogens with two attached hydrogens (primary N) is 1.